The maximum atomic E-state index is 13.7. The maximum absolute atomic E-state index is 13.7. The molecule has 2 saturated heterocycles. The number of hydrogen-bond donors (Lipinski definition) is 1. The second-order valence-electron chi connectivity index (χ2n) is 13.1. The van der Waals surface area contributed by atoms with E-state index in [2.05, 4.69) is 19.7 Å². The molecule has 2 aromatic rings. The van der Waals surface area contributed by atoms with Crippen LogP contribution < -0.4 is 23.8 Å². The number of unbranched alkanes of at least 4 members (excludes halogenated alkanes) is 2. The van der Waals surface area contributed by atoms with Gasteiger partial charge in [-0.1, -0.05) is 37.0 Å². The highest BCUT2D eigenvalue weighted by atomic mass is 16.6. The fourth-order valence-electron chi connectivity index (χ4n) is 7.26. The van der Waals surface area contributed by atoms with Crippen LogP contribution in [0.1, 0.15) is 64.8 Å². The normalized spacial score (nSPS) is 21.1. The molecule has 266 valence electrons. The van der Waals surface area contributed by atoms with E-state index in [-0.39, 0.29) is 42.3 Å². The highest BCUT2D eigenvalue weighted by molar-refractivity contribution is 6.06. The van der Waals surface area contributed by atoms with E-state index in [9.17, 15) is 19.5 Å². The lowest BCUT2D eigenvalue weighted by Gasteiger charge is -2.31. The molecule has 0 saturated carbocycles. The number of aryl methyl sites for hydroxylation is 1. The topological polar surface area (TPSA) is 127 Å². The Bertz CT molecular complexity index is 1700. The van der Waals surface area contributed by atoms with E-state index in [4.69, 9.17) is 23.7 Å². The number of amides is 3. The van der Waals surface area contributed by atoms with Crippen molar-refractivity contribution in [2.75, 3.05) is 52.0 Å². The van der Waals surface area contributed by atoms with Gasteiger partial charge in [0.05, 0.1) is 44.7 Å². The molecule has 6 rings (SSSR count). The molecule has 0 bridgehead atoms. The Labute approximate surface area is 292 Å². The Hall–Kier alpha value is -4.97. The number of ether oxygens (including phenoxy) is 5. The fourth-order valence-corrected chi connectivity index (χ4v) is 7.26. The number of anilines is 1. The molecular weight excluding hydrogens is 642 g/mol. The molecule has 3 amide bonds. The largest absolute Gasteiger partial charge is 0.493 e. The number of nitrogens with zero attached hydrogens (tertiary/aromatic N) is 3. The van der Waals surface area contributed by atoms with Gasteiger partial charge in [0.1, 0.15) is 6.61 Å². The number of carbonyl (C=O) groups excluding carboxylic acids is 3. The molecular formula is C38H45N3O9. The van der Waals surface area contributed by atoms with Gasteiger partial charge in [0, 0.05) is 30.8 Å². The Morgan fingerprint density at radius 2 is 1.48 bits per heavy atom. The third-order valence-electron chi connectivity index (χ3n) is 9.75. The van der Waals surface area contributed by atoms with Crippen LogP contribution in [0.4, 0.5) is 10.5 Å². The van der Waals surface area contributed by atoms with Crippen molar-refractivity contribution in [2.45, 2.75) is 63.3 Å². The summed E-state index contributed by atoms with van der Waals surface area (Å²) in [4.78, 5) is 44.7. The zero-order valence-electron chi connectivity index (χ0n) is 28.8. The predicted octanol–water partition coefficient (Wildman–Crippen LogP) is 5.28. The molecule has 4 aliphatic rings. The summed E-state index contributed by atoms with van der Waals surface area (Å²) in [5.41, 5.74) is 3.87. The van der Waals surface area contributed by atoms with Gasteiger partial charge >= 0.3 is 6.09 Å². The van der Waals surface area contributed by atoms with Gasteiger partial charge in [0.2, 0.25) is 0 Å². The first-order valence-electron chi connectivity index (χ1n) is 17.0. The Balaban J connectivity index is 1.08. The standard InChI is InChI=1S/C38H45N3O9/c1-6-12-50-38(45)41-29-20-34(32(47-5)19-28(29)36(43)40-22-24(3)16-30(40)37(41)44)49-14-9-7-8-13-48-33-17-25-10-11-26-15-23(2)21-39(26)35(42)27(25)18-31(33)46-4/h6,17-20,26,30,37,44H,1-3,7-16,21-22H2,4-5H3/t26-,30+,37+/m1/s1. The lowest BCUT2D eigenvalue weighted by molar-refractivity contribution is 0.0496. The lowest BCUT2D eigenvalue weighted by atomic mass is 10.00. The van der Waals surface area contributed by atoms with Crippen LogP contribution in [0.25, 0.3) is 0 Å². The molecule has 4 heterocycles. The minimum absolute atomic E-state index is 0.0202. The first-order valence-corrected chi connectivity index (χ1v) is 17.0. The van der Waals surface area contributed by atoms with Crippen LogP contribution in [0.5, 0.6) is 23.0 Å². The van der Waals surface area contributed by atoms with Gasteiger partial charge < -0.3 is 38.6 Å². The van der Waals surface area contributed by atoms with Gasteiger partial charge in [-0.05, 0) is 68.7 Å². The molecule has 0 unspecified atom stereocenters. The molecule has 0 aromatic heterocycles. The number of rotatable bonds is 12. The average Bonchev–Trinajstić information content (AvgIpc) is 3.65. The van der Waals surface area contributed by atoms with Crippen LogP contribution in [0, 0.1) is 0 Å². The zero-order chi connectivity index (χ0) is 35.5. The molecule has 2 aromatic carbocycles. The van der Waals surface area contributed by atoms with Crippen molar-refractivity contribution in [2.24, 2.45) is 0 Å². The average molecular weight is 688 g/mol. The zero-order valence-corrected chi connectivity index (χ0v) is 28.8. The molecule has 1 N–H and O–H groups in total. The fraction of sp³-hybridized carbons (Fsp3) is 0.447. The summed E-state index contributed by atoms with van der Waals surface area (Å²) < 4.78 is 28.7. The number of hydrogen-bond acceptors (Lipinski definition) is 9. The minimum atomic E-state index is -1.37. The quantitative estimate of drug-likeness (QED) is 0.234. The molecule has 2 fully saturated rings. The highest BCUT2D eigenvalue weighted by Gasteiger charge is 2.46. The van der Waals surface area contributed by atoms with Gasteiger partial charge in [0.15, 0.2) is 29.2 Å². The van der Waals surface area contributed by atoms with Crippen molar-refractivity contribution in [1.82, 2.24) is 9.80 Å². The number of carbonyl (C=O) groups is 3. The van der Waals surface area contributed by atoms with Gasteiger partial charge in [-0.3, -0.25) is 9.59 Å². The molecule has 12 heteroatoms. The van der Waals surface area contributed by atoms with E-state index in [0.29, 0.717) is 61.2 Å². The van der Waals surface area contributed by atoms with Gasteiger partial charge in [-0.2, -0.15) is 0 Å². The maximum Gasteiger partial charge on any atom is 0.416 e. The second kappa shape index (κ2) is 14.9. The summed E-state index contributed by atoms with van der Waals surface area (Å²) in [5, 5.41) is 11.4. The summed E-state index contributed by atoms with van der Waals surface area (Å²) in [7, 11) is 3.05. The summed E-state index contributed by atoms with van der Waals surface area (Å²) in [5.74, 6) is 1.47. The van der Waals surface area contributed by atoms with Crippen molar-refractivity contribution in [3.05, 3.63) is 77.9 Å². The molecule has 0 spiro atoms. The van der Waals surface area contributed by atoms with E-state index in [1.807, 2.05) is 11.0 Å². The number of benzene rings is 2. The Morgan fingerprint density at radius 1 is 0.860 bits per heavy atom. The molecule has 4 aliphatic heterocycles. The third kappa shape index (κ3) is 6.76. The van der Waals surface area contributed by atoms with Crippen LogP contribution in [0.15, 0.2) is 61.2 Å². The smallest absolute Gasteiger partial charge is 0.416 e. The third-order valence-corrected chi connectivity index (χ3v) is 9.75. The SMILES string of the molecule is C=CCOC(=O)N1c2cc(OCCCCCOc3cc4c(cc3OC)C(=O)N3CC(=C)C[C@H]3CC4)c(OC)cc2C(=O)N2CC(=C)C[C@H]2[C@@H]1O. The highest BCUT2D eigenvalue weighted by Crippen LogP contribution is 2.42. The van der Waals surface area contributed by atoms with Crippen molar-refractivity contribution in [1.29, 1.82) is 0 Å². The minimum Gasteiger partial charge on any atom is -0.493 e. The Morgan fingerprint density at radius 3 is 2.16 bits per heavy atom. The predicted molar refractivity (Wildman–Crippen MR) is 186 cm³/mol. The van der Waals surface area contributed by atoms with E-state index in [0.717, 1.165) is 53.7 Å². The Kier molecular flexibility index (Phi) is 10.4. The van der Waals surface area contributed by atoms with Crippen LogP contribution in [-0.2, 0) is 11.2 Å². The van der Waals surface area contributed by atoms with Crippen molar-refractivity contribution in [3.63, 3.8) is 0 Å². The number of aliphatic hydroxyl groups is 1. The lowest BCUT2D eigenvalue weighted by Crippen LogP contribution is -2.50. The summed E-state index contributed by atoms with van der Waals surface area (Å²) in [6.45, 7) is 13.3. The number of methoxy groups -OCH3 is 2. The summed E-state index contributed by atoms with van der Waals surface area (Å²) in [6, 6.07) is 6.33. The van der Waals surface area contributed by atoms with Crippen molar-refractivity contribution < 1.29 is 43.2 Å². The van der Waals surface area contributed by atoms with Crippen LogP contribution >= 0.6 is 0 Å². The molecule has 0 aliphatic carbocycles. The number of aliphatic hydroxyl groups excluding tert-OH is 1. The molecule has 12 nitrogen and oxygen atoms in total. The molecule has 0 radical (unpaired) electrons. The first-order chi connectivity index (χ1) is 24.1. The van der Waals surface area contributed by atoms with Crippen LogP contribution in [-0.4, -0.2) is 98.3 Å². The first kappa shape index (κ1) is 34.9. The molecule has 3 atom stereocenters. The van der Waals surface area contributed by atoms with E-state index in [1.165, 1.54) is 24.2 Å². The van der Waals surface area contributed by atoms with E-state index in [1.54, 1.807) is 19.2 Å². The number of fused-ring (bicyclic) bond motifs is 4. The van der Waals surface area contributed by atoms with Crippen LogP contribution in [0.2, 0.25) is 0 Å². The van der Waals surface area contributed by atoms with Gasteiger partial charge in [-0.25, -0.2) is 9.69 Å². The summed E-state index contributed by atoms with van der Waals surface area (Å²) in [6.07, 6.45) is 4.35. The van der Waals surface area contributed by atoms with E-state index >= 15 is 0 Å². The van der Waals surface area contributed by atoms with Crippen molar-refractivity contribution >= 4 is 23.6 Å². The van der Waals surface area contributed by atoms with Crippen LogP contribution in [0.3, 0.4) is 0 Å². The summed E-state index contributed by atoms with van der Waals surface area (Å²) >= 11 is 0. The van der Waals surface area contributed by atoms with Crippen molar-refractivity contribution in [3.8, 4) is 23.0 Å². The van der Waals surface area contributed by atoms with Gasteiger partial charge in [0.25, 0.3) is 11.8 Å². The van der Waals surface area contributed by atoms with E-state index < -0.39 is 18.4 Å². The van der Waals surface area contributed by atoms with Gasteiger partial charge in [-0.15, -0.1) is 0 Å². The monoisotopic (exact) mass is 687 g/mol. The molecule has 50 heavy (non-hydrogen) atoms. The second-order valence-corrected chi connectivity index (χ2v) is 13.1.